The topological polar surface area (TPSA) is 69.7 Å². The number of halogens is 1. The number of sulfonamides is 1. The molecule has 0 aliphatic carbocycles. The Labute approximate surface area is 190 Å². The zero-order valence-electron chi connectivity index (χ0n) is 18.9. The van der Waals surface area contributed by atoms with E-state index in [0.717, 1.165) is 24.1 Å². The predicted molar refractivity (Wildman–Crippen MR) is 123 cm³/mol. The summed E-state index contributed by atoms with van der Waals surface area (Å²) in [6.45, 7) is 3.04. The lowest BCUT2D eigenvalue weighted by molar-refractivity contribution is -0.126. The van der Waals surface area contributed by atoms with Crippen LogP contribution in [0.15, 0.2) is 53.4 Å². The van der Waals surface area contributed by atoms with Gasteiger partial charge in [-0.15, -0.1) is 0 Å². The Balaban J connectivity index is 1.64. The van der Waals surface area contributed by atoms with Crippen molar-refractivity contribution in [2.24, 2.45) is 5.92 Å². The molecule has 1 N–H and O–H groups in total. The molecule has 0 bridgehead atoms. The second-order valence-electron chi connectivity index (χ2n) is 8.48. The maximum Gasteiger partial charge on any atom is 0.243 e. The number of carbonyl (C=O) groups excluding carboxylic acids is 1. The number of aryl methyl sites for hydroxylation is 1. The minimum atomic E-state index is -3.76. The molecule has 174 valence electrons. The van der Waals surface area contributed by atoms with Crippen LogP contribution in [0.3, 0.4) is 0 Å². The standard InChI is InChI=1S/C24H32FN3O3S/c1-4-18-7-9-19(10-8-18)23(27(2)3)16-26-24(29)20-6-5-15-28(17-20)32(30,31)22-13-11-21(25)12-14-22/h7-14,20,23H,4-6,15-17H2,1-3H3,(H,26,29)/t20-,23+/m0/s1. The Morgan fingerprint density at radius 1 is 1.16 bits per heavy atom. The molecule has 1 fully saturated rings. The van der Waals surface area contributed by atoms with Gasteiger partial charge in [0.25, 0.3) is 0 Å². The van der Waals surface area contributed by atoms with Gasteiger partial charge < -0.3 is 10.2 Å². The summed E-state index contributed by atoms with van der Waals surface area (Å²) in [5.41, 5.74) is 2.39. The normalized spacial score (nSPS) is 18.5. The van der Waals surface area contributed by atoms with Crippen LogP contribution in [0.25, 0.3) is 0 Å². The Bertz CT molecular complexity index is 1010. The molecule has 0 saturated carbocycles. The average molecular weight is 462 g/mol. The molecule has 0 radical (unpaired) electrons. The summed E-state index contributed by atoms with van der Waals surface area (Å²) in [5.74, 6) is -1.04. The van der Waals surface area contributed by atoms with E-state index in [1.807, 2.05) is 14.1 Å². The van der Waals surface area contributed by atoms with Crippen molar-refractivity contribution in [3.63, 3.8) is 0 Å². The lowest BCUT2D eigenvalue weighted by Gasteiger charge is -2.32. The van der Waals surface area contributed by atoms with Gasteiger partial charge in [0.15, 0.2) is 0 Å². The third-order valence-electron chi connectivity index (χ3n) is 6.07. The molecule has 1 saturated heterocycles. The second-order valence-corrected chi connectivity index (χ2v) is 10.4. The minimum absolute atomic E-state index is 0.0208. The van der Waals surface area contributed by atoms with Gasteiger partial charge in [-0.3, -0.25) is 4.79 Å². The molecule has 3 rings (SSSR count). The third kappa shape index (κ3) is 5.74. The molecule has 0 spiro atoms. The van der Waals surface area contributed by atoms with Crippen molar-refractivity contribution in [2.45, 2.75) is 37.1 Å². The summed E-state index contributed by atoms with van der Waals surface area (Å²) < 4.78 is 40.4. The number of carbonyl (C=O) groups is 1. The Morgan fingerprint density at radius 2 is 1.81 bits per heavy atom. The number of nitrogens with zero attached hydrogens (tertiary/aromatic N) is 2. The fourth-order valence-corrected chi connectivity index (χ4v) is 5.57. The van der Waals surface area contributed by atoms with Gasteiger partial charge in [-0.1, -0.05) is 31.2 Å². The number of hydrogen-bond donors (Lipinski definition) is 1. The monoisotopic (exact) mass is 461 g/mol. The highest BCUT2D eigenvalue weighted by atomic mass is 32.2. The molecule has 1 amide bonds. The van der Waals surface area contributed by atoms with Gasteiger partial charge in [0.05, 0.1) is 16.9 Å². The van der Waals surface area contributed by atoms with Crippen molar-refractivity contribution in [3.05, 3.63) is 65.5 Å². The highest BCUT2D eigenvalue weighted by molar-refractivity contribution is 7.89. The molecular formula is C24H32FN3O3S. The van der Waals surface area contributed by atoms with Gasteiger partial charge in [-0.2, -0.15) is 4.31 Å². The van der Waals surface area contributed by atoms with E-state index in [0.29, 0.717) is 25.9 Å². The molecule has 2 aromatic rings. The molecule has 2 aromatic carbocycles. The first-order valence-electron chi connectivity index (χ1n) is 11.0. The van der Waals surface area contributed by atoms with Crippen LogP contribution in [0.2, 0.25) is 0 Å². The summed E-state index contributed by atoms with van der Waals surface area (Å²) in [6, 6.07) is 13.2. The summed E-state index contributed by atoms with van der Waals surface area (Å²) in [7, 11) is 0.188. The van der Waals surface area contributed by atoms with E-state index in [1.54, 1.807) is 0 Å². The average Bonchev–Trinajstić information content (AvgIpc) is 2.79. The third-order valence-corrected chi connectivity index (χ3v) is 7.95. The largest absolute Gasteiger partial charge is 0.354 e. The van der Waals surface area contributed by atoms with E-state index in [1.165, 1.54) is 22.0 Å². The van der Waals surface area contributed by atoms with Crippen molar-refractivity contribution in [1.29, 1.82) is 0 Å². The summed E-state index contributed by atoms with van der Waals surface area (Å²) in [5, 5.41) is 3.03. The van der Waals surface area contributed by atoms with Crippen molar-refractivity contribution in [2.75, 3.05) is 33.7 Å². The minimum Gasteiger partial charge on any atom is -0.354 e. The maximum absolute atomic E-state index is 13.2. The SMILES string of the molecule is CCc1ccc([C@@H](CNC(=O)[C@H]2CCCN(S(=O)(=O)c3ccc(F)cc3)C2)N(C)C)cc1. The number of rotatable bonds is 8. The van der Waals surface area contributed by atoms with Crippen LogP contribution >= 0.6 is 0 Å². The number of piperidine rings is 1. The van der Waals surface area contributed by atoms with Crippen LogP contribution in [0, 0.1) is 11.7 Å². The van der Waals surface area contributed by atoms with Gasteiger partial charge in [-0.25, -0.2) is 12.8 Å². The first kappa shape index (κ1) is 24.4. The van der Waals surface area contributed by atoms with Crippen LogP contribution in [-0.2, 0) is 21.2 Å². The number of benzene rings is 2. The molecule has 8 heteroatoms. The van der Waals surface area contributed by atoms with Crippen molar-refractivity contribution < 1.29 is 17.6 Å². The zero-order valence-corrected chi connectivity index (χ0v) is 19.7. The molecule has 0 unspecified atom stereocenters. The zero-order chi connectivity index (χ0) is 23.3. The van der Waals surface area contributed by atoms with Crippen LogP contribution in [0.5, 0.6) is 0 Å². The van der Waals surface area contributed by atoms with Crippen LogP contribution in [0.1, 0.15) is 36.9 Å². The van der Waals surface area contributed by atoms with E-state index >= 15 is 0 Å². The van der Waals surface area contributed by atoms with Gasteiger partial charge in [0.2, 0.25) is 15.9 Å². The Kier molecular flexibility index (Phi) is 8.03. The summed E-state index contributed by atoms with van der Waals surface area (Å²) in [6.07, 6.45) is 2.22. The van der Waals surface area contributed by atoms with Gasteiger partial charge in [0.1, 0.15) is 5.82 Å². The summed E-state index contributed by atoms with van der Waals surface area (Å²) >= 11 is 0. The molecule has 0 aromatic heterocycles. The van der Waals surface area contributed by atoms with Crippen molar-refractivity contribution in [1.82, 2.24) is 14.5 Å². The van der Waals surface area contributed by atoms with Gasteiger partial charge in [-0.05, 0) is 68.8 Å². The molecule has 1 heterocycles. The number of hydrogen-bond acceptors (Lipinski definition) is 4. The van der Waals surface area contributed by atoms with Crippen LogP contribution < -0.4 is 5.32 Å². The van der Waals surface area contributed by atoms with Gasteiger partial charge >= 0.3 is 0 Å². The number of nitrogens with one attached hydrogen (secondary N) is 1. The quantitative estimate of drug-likeness (QED) is 0.656. The lowest BCUT2D eigenvalue weighted by Crippen LogP contribution is -2.46. The Hall–Kier alpha value is -2.29. The van der Waals surface area contributed by atoms with E-state index in [-0.39, 0.29) is 23.4 Å². The Morgan fingerprint density at radius 3 is 2.41 bits per heavy atom. The summed E-state index contributed by atoms with van der Waals surface area (Å²) in [4.78, 5) is 15.0. The molecule has 1 aliphatic rings. The first-order valence-corrected chi connectivity index (χ1v) is 12.4. The number of likely N-dealkylation sites (N-methyl/N-ethyl adjacent to an activating group) is 1. The highest BCUT2D eigenvalue weighted by Crippen LogP contribution is 2.25. The second kappa shape index (κ2) is 10.6. The molecule has 1 aliphatic heterocycles. The van der Waals surface area contributed by atoms with Gasteiger partial charge in [0, 0.05) is 19.6 Å². The molecule has 6 nitrogen and oxygen atoms in total. The van der Waals surface area contributed by atoms with Crippen LogP contribution in [-0.4, -0.2) is 57.3 Å². The number of amides is 1. The van der Waals surface area contributed by atoms with Crippen LogP contribution in [0.4, 0.5) is 4.39 Å². The lowest BCUT2D eigenvalue weighted by atomic mass is 9.98. The van der Waals surface area contributed by atoms with E-state index in [9.17, 15) is 17.6 Å². The van der Waals surface area contributed by atoms with E-state index < -0.39 is 21.8 Å². The first-order chi connectivity index (χ1) is 15.2. The fraction of sp³-hybridized carbons (Fsp3) is 0.458. The molecule has 32 heavy (non-hydrogen) atoms. The fourth-order valence-electron chi connectivity index (χ4n) is 4.05. The van der Waals surface area contributed by atoms with E-state index in [4.69, 9.17) is 0 Å². The molecule has 2 atom stereocenters. The highest BCUT2D eigenvalue weighted by Gasteiger charge is 2.33. The smallest absolute Gasteiger partial charge is 0.243 e. The van der Waals surface area contributed by atoms with Crippen molar-refractivity contribution >= 4 is 15.9 Å². The predicted octanol–water partition coefficient (Wildman–Crippen LogP) is 3.21. The van der Waals surface area contributed by atoms with E-state index in [2.05, 4.69) is 41.4 Å². The maximum atomic E-state index is 13.2. The van der Waals surface area contributed by atoms with Crippen molar-refractivity contribution in [3.8, 4) is 0 Å². The molecular weight excluding hydrogens is 429 g/mol.